The second-order valence-electron chi connectivity index (χ2n) is 3.25. The molecule has 88 valence electrons. The van der Waals surface area contributed by atoms with Gasteiger partial charge >= 0.3 is 5.97 Å². The normalized spacial score (nSPS) is 10.2. The van der Waals surface area contributed by atoms with Crippen LogP contribution >= 0.6 is 11.6 Å². The van der Waals surface area contributed by atoms with Crippen molar-refractivity contribution in [1.29, 1.82) is 0 Å². The summed E-state index contributed by atoms with van der Waals surface area (Å²) in [5, 5.41) is 8.94. The van der Waals surface area contributed by atoms with Gasteiger partial charge in [0.1, 0.15) is 0 Å². The first-order valence-electron chi connectivity index (χ1n) is 5.10. The predicted molar refractivity (Wildman–Crippen MR) is 62.2 cm³/mol. The highest BCUT2D eigenvalue weighted by Crippen LogP contribution is 2.16. The predicted octanol–water partition coefficient (Wildman–Crippen LogP) is 2.06. The van der Waals surface area contributed by atoms with Crippen molar-refractivity contribution in [1.82, 2.24) is 9.97 Å². The van der Waals surface area contributed by atoms with Gasteiger partial charge in [-0.1, -0.05) is 18.5 Å². The van der Waals surface area contributed by atoms with Crippen molar-refractivity contribution >= 4 is 23.5 Å². The van der Waals surface area contributed by atoms with Gasteiger partial charge in [0.2, 0.25) is 5.95 Å². The van der Waals surface area contributed by atoms with Crippen LogP contribution in [-0.2, 0) is 0 Å². The number of nitrogens with zero attached hydrogens (tertiary/aromatic N) is 3. The minimum Gasteiger partial charge on any atom is -0.476 e. The zero-order chi connectivity index (χ0) is 12.1. The quantitative estimate of drug-likeness (QED) is 0.858. The topological polar surface area (TPSA) is 66.3 Å². The van der Waals surface area contributed by atoms with Crippen molar-refractivity contribution in [3.63, 3.8) is 0 Å². The molecule has 0 spiro atoms. The minimum absolute atomic E-state index is 0.0591. The first kappa shape index (κ1) is 12.7. The summed E-state index contributed by atoms with van der Waals surface area (Å²) in [7, 11) is 0. The molecule has 1 rings (SSSR count). The van der Waals surface area contributed by atoms with Gasteiger partial charge in [-0.25, -0.2) is 14.8 Å². The highest BCUT2D eigenvalue weighted by atomic mass is 35.5. The third kappa shape index (κ3) is 2.82. The van der Waals surface area contributed by atoms with Crippen LogP contribution < -0.4 is 4.90 Å². The van der Waals surface area contributed by atoms with Gasteiger partial charge < -0.3 is 10.0 Å². The van der Waals surface area contributed by atoms with Gasteiger partial charge in [-0.05, 0) is 13.3 Å². The van der Waals surface area contributed by atoms with Crippen LogP contribution in [0.4, 0.5) is 5.95 Å². The molecule has 0 aliphatic heterocycles. The first-order valence-corrected chi connectivity index (χ1v) is 5.48. The van der Waals surface area contributed by atoms with Crippen molar-refractivity contribution in [2.24, 2.45) is 0 Å². The Morgan fingerprint density at radius 1 is 1.56 bits per heavy atom. The van der Waals surface area contributed by atoms with Gasteiger partial charge in [0.05, 0.1) is 11.2 Å². The summed E-state index contributed by atoms with van der Waals surface area (Å²) in [5.41, 5.74) is -0.152. The highest BCUT2D eigenvalue weighted by Gasteiger charge is 2.15. The van der Waals surface area contributed by atoms with Crippen LogP contribution in [0.25, 0.3) is 0 Å². The van der Waals surface area contributed by atoms with Crippen LogP contribution in [0.2, 0.25) is 5.02 Å². The lowest BCUT2D eigenvalue weighted by Gasteiger charge is -2.19. The smallest absolute Gasteiger partial charge is 0.356 e. The summed E-state index contributed by atoms with van der Waals surface area (Å²) in [5.74, 6) is -0.729. The summed E-state index contributed by atoms with van der Waals surface area (Å²) < 4.78 is 0. The average molecular weight is 244 g/mol. The van der Waals surface area contributed by atoms with Crippen molar-refractivity contribution in [2.45, 2.75) is 20.3 Å². The molecule has 0 saturated carbocycles. The number of hydrogen-bond donors (Lipinski definition) is 1. The number of rotatable bonds is 5. The standard InChI is InChI=1S/C10H14ClN3O2/c1-3-5-14(4-2)10-12-6-7(11)8(13-10)9(15)16/h6H,3-5H2,1-2H3,(H,15,16). The largest absolute Gasteiger partial charge is 0.476 e. The van der Waals surface area contributed by atoms with Crippen LogP contribution in [0.5, 0.6) is 0 Å². The molecule has 1 heterocycles. The Morgan fingerprint density at radius 3 is 2.75 bits per heavy atom. The molecule has 0 aliphatic carbocycles. The van der Waals surface area contributed by atoms with E-state index in [-0.39, 0.29) is 10.7 Å². The second kappa shape index (κ2) is 5.65. The van der Waals surface area contributed by atoms with E-state index in [0.717, 1.165) is 19.5 Å². The van der Waals surface area contributed by atoms with Gasteiger partial charge in [-0.15, -0.1) is 0 Å². The number of aromatic carboxylic acids is 1. The fraction of sp³-hybridized carbons (Fsp3) is 0.500. The second-order valence-corrected chi connectivity index (χ2v) is 3.66. The Morgan fingerprint density at radius 2 is 2.25 bits per heavy atom. The summed E-state index contributed by atoms with van der Waals surface area (Å²) in [4.78, 5) is 20.7. The number of hydrogen-bond acceptors (Lipinski definition) is 4. The van der Waals surface area contributed by atoms with Gasteiger partial charge in [-0.3, -0.25) is 0 Å². The third-order valence-corrected chi connectivity index (χ3v) is 2.37. The molecule has 0 unspecified atom stereocenters. The molecule has 0 radical (unpaired) electrons. The summed E-state index contributed by atoms with van der Waals surface area (Å²) in [6, 6.07) is 0. The first-order chi connectivity index (χ1) is 7.60. The lowest BCUT2D eigenvalue weighted by atomic mass is 10.4. The van der Waals surface area contributed by atoms with E-state index >= 15 is 0 Å². The van der Waals surface area contributed by atoms with E-state index in [1.165, 1.54) is 6.20 Å². The molecule has 0 aliphatic rings. The number of carboxylic acid groups (broad SMARTS) is 1. The van der Waals surface area contributed by atoms with Gasteiger partial charge in [0, 0.05) is 13.1 Å². The maximum absolute atomic E-state index is 10.8. The highest BCUT2D eigenvalue weighted by molar-refractivity contribution is 6.33. The van der Waals surface area contributed by atoms with Crippen LogP contribution in [0.15, 0.2) is 6.20 Å². The van der Waals surface area contributed by atoms with Crippen LogP contribution in [0, 0.1) is 0 Å². The zero-order valence-corrected chi connectivity index (χ0v) is 10.0. The average Bonchev–Trinajstić information content (AvgIpc) is 2.26. The minimum atomic E-state index is -1.14. The molecule has 0 aromatic carbocycles. The number of aromatic nitrogens is 2. The molecule has 0 atom stereocenters. The van der Waals surface area contributed by atoms with Crippen LogP contribution in [0.3, 0.4) is 0 Å². The van der Waals surface area contributed by atoms with Crippen molar-refractivity contribution < 1.29 is 9.90 Å². The molecule has 6 heteroatoms. The molecule has 1 aromatic rings. The molecule has 1 aromatic heterocycles. The molecular weight excluding hydrogens is 230 g/mol. The third-order valence-electron chi connectivity index (χ3n) is 2.09. The summed E-state index contributed by atoms with van der Waals surface area (Å²) in [6.45, 7) is 5.52. The Bertz CT molecular complexity index is 384. The van der Waals surface area contributed by atoms with Crippen LogP contribution in [0.1, 0.15) is 30.8 Å². The summed E-state index contributed by atoms with van der Waals surface area (Å²) >= 11 is 5.69. The van der Waals surface area contributed by atoms with E-state index in [1.54, 1.807) is 0 Å². The van der Waals surface area contributed by atoms with Crippen molar-refractivity contribution in [3.05, 3.63) is 16.9 Å². The van der Waals surface area contributed by atoms with E-state index < -0.39 is 5.97 Å². The summed E-state index contributed by atoms with van der Waals surface area (Å²) in [6.07, 6.45) is 2.27. The van der Waals surface area contributed by atoms with Crippen molar-refractivity contribution in [2.75, 3.05) is 18.0 Å². The Labute approximate surface area is 99.1 Å². The van der Waals surface area contributed by atoms with E-state index in [1.807, 2.05) is 18.7 Å². The molecule has 0 saturated heterocycles. The maximum Gasteiger partial charge on any atom is 0.356 e. The SMILES string of the molecule is CCCN(CC)c1ncc(Cl)c(C(=O)O)n1. The van der Waals surface area contributed by atoms with Gasteiger partial charge in [0.15, 0.2) is 5.69 Å². The number of halogens is 1. The number of carbonyl (C=O) groups is 1. The monoisotopic (exact) mass is 243 g/mol. The molecule has 0 fully saturated rings. The molecule has 1 N–H and O–H groups in total. The number of carboxylic acids is 1. The zero-order valence-electron chi connectivity index (χ0n) is 9.27. The van der Waals surface area contributed by atoms with E-state index in [4.69, 9.17) is 16.7 Å². The molecule has 0 bridgehead atoms. The van der Waals surface area contributed by atoms with E-state index in [9.17, 15) is 4.79 Å². The Balaban J connectivity index is 3.05. The molecule has 0 amide bonds. The fourth-order valence-electron chi connectivity index (χ4n) is 1.33. The maximum atomic E-state index is 10.8. The Hall–Kier alpha value is -1.36. The molecule has 5 nitrogen and oxygen atoms in total. The molecule has 16 heavy (non-hydrogen) atoms. The van der Waals surface area contributed by atoms with E-state index in [2.05, 4.69) is 9.97 Å². The molecular formula is C10H14ClN3O2. The van der Waals surface area contributed by atoms with Crippen LogP contribution in [-0.4, -0.2) is 34.1 Å². The van der Waals surface area contributed by atoms with Crippen molar-refractivity contribution in [3.8, 4) is 0 Å². The lowest BCUT2D eigenvalue weighted by Crippen LogP contribution is -2.26. The number of anilines is 1. The Kier molecular flexibility index (Phi) is 4.49. The fourth-order valence-corrected chi connectivity index (χ4v) is 1.50. The van der Waals surface area contributed by atoms with E-state index in [0.29, 0.717) is 5.95 Å². The lowest BCUT2D eigenvalue weighted by molar-refractivity contribution is 0.0690. The van der Waals surface area contributed by atoms with Gasteiger partial charge in [-0.2, -0.15) is 0 Å². The van der Waals surface area contributed by atoms with Gasteiger partial charge in [0.25, 0.3) is 0 Å².